The monoisotopic (exact) mass is 188 g/mol. The Kier molecular flexibility index (Phi) is 2.94. The Hall–Kier alpha value is -1.46. The molecule has 13 heavy (non-hydrogen) atoms. The highest BCUT2D eigenvalue weighted by Gasteiger charge is 2.05. The van der Waals surface area contributed by atoms with E-state index in [-0.39, 0.29) is 5.69 Å². The summed E-state index contributed by atoms with van der Waals surface area (Å²) in [5.74, 6) is 0.377. The van der Waals surface area contributed by atoms with Gasteiger partial charge in [0, 0.05) is 7.05 Å². The second-order valence-corrected chi connectivity index (χ2v) is 2.39. The van der Waals surface area contributed by atoms with Gasteiger partial charge in [-0.25, -0.2) is 4.39 Å². The molecule has 0 aliphatic rings. The topological polar surface area (TPSA) is 53.1 Å². The van der Waals surface area contributed by atoms with Crippen LogP contribution in [0.1, 0.15) is 12.6 Å². The summed E-state index contributed by atoms with van der Waals surface area (Å²) in [6, 6.07) is 0. The fraction of sp³-hybridized carbons (Fsp3) is 0.429. The molecule has 1 atom stereocenters. The zero-order valence-electron chi connectivity index (χ0n) is 7.31. The molecule has 0 aromatic carbocycles. The van der Waals surface area contributed by atoms with Crippen molar-refractivity contribution in [2.24, 2.45) is 4.99 Å². The molecule has 72 valence electrons. The fourth-order valence-corrected chi connectivity index (χ4v) is 0.814. The number of alkyl halides is 1. The Balaban J connectivity index is 2.86. The largest absolute Gasteiger partial charge is 0.373 e. The minimum absolute atomic E-state index is 0.254. The van der Waals surface area contributed by atoms with E-state index in [1.807, 2.05) is 0 Å². The summed E-state index contributed by atoms with van der Waals surface area (Å²) in [6.07, 6.45) is -0.863. The van der Waals surface area contributed by atoms with Crippen molar-refractivity contribution >= 4 is 12.0 Å². The molecule has 0 aliphatic heterocycles. The summed E-state index contributed by atoms with van der Waals surface area (Å²) in [6.45, 7) is 1.28. The molecule has 1 unspecified atom stereocenters. The van der Waals surface area contributed by atoms with Gasteiger partial charge in [-0.3, -0.25) is 4.99 Å². The normalized spacial score (nSPS) is 13.5. The second kappa shape index (κ2) is 3.97. The van der Waals surface area contributed by atoms with Crippen LogP contribution in [0, 0.1) is 6.08 Å². The molecule has 2 N–H and O–H groups in total. The van der Waals surface area contributed by atoms with E-state index in [0.29, 0.717) is 5.82 Å². The molecule has 0 spiro atoms. The quantitative estimate of drug-likeness (QED) is 0.555. The van der Waals surface area contributed by atoms with Gasteiger partial charge in [0.25, 0.3) is 6.08 Å². The van der Waals surface area contributed by atoms with E-state index in [2.05, 4.69) is 20.3 Å². The first-order valence-corrected chi connectivity index (χ1v) is 3.74. The number of imidazole rings is 1. The maximum atomic E-state index is 12.5. The van der Waals surface area contributed by atoms with Crippen LogP contribution in [0.25, 0.3) is 0 Å². The molecule has 1 heterocycles. The average Bonchev–Trinajstić information content (AvgIpc) is 2.42. The fourth-order valence-electron chi connectivity index (χ4n) is 0.814. The van der Waals surface area contributed by atoms with Crippen molar-refractivity contribution < 1.29 is 8.78 Å². The highest BCUT2D eigenvalue weighted by atomic mass is 19.1. The van der Waals surface area contributed by atoms with Crippen molar-refractivity contribution in [1.82, 2.24) is 9.97 Å². The van der Waals surface area contributed by atoms with Crippen LogP contribution in [0.3, 0.4) is 0 Å². The Morgan fingerprint density at radius 2 is 2.38 bits per heavy atom. The molecule has 0 bridgehead atoms. The van der Waals surface area contributed by atoms with Gasteiger partial charge in [-0.05, 0) is 6.92 Å². The Bertz CT molecular complexity index is 305. The van der Waals surface area contributed by atoms with Crippen molar-refractivity contribution in [1.29, 1.82) is 0 Å². The van der Waals surface area contributed by atoms with E-state index < -0.39 is 12.4 Å². The van der Waals surface area contributed by atoms with E-state index in [1.54, 1.807) is 7.05 Å². The maximum absolute atomic E-state index is 12.5. The number of nitrogens with zero attached hydrogens (tertiary/aromatic N) is 2. The number of aromatic amines is 1. The zero-order chi connectivity index (χ0) is 9.84. The van der Waals surface area contributed by atoms with Crippen LogP contribution in [-0.2, 0) is 0 Å². The molecule has 0 fully saturated rings. The predicted octanol–water partition coefficient (Wildman–Crippen LogP) is 1.32. The van der Waals surface area contributed by atoms with Gasteiger partial charge in [0.05, 0.1) is 6.21 Å². The first-order valence-electron chi connectivity index (χ1n) is 3.74. The molecule has 0 saturated heterocycles. The van der Waals surface area contributed by atoms with E-state index in [0.717, 1.165) is 0 Å². The smallest absolute Gasteiger partial charge is 0.288 e. The van der Waals surface area contributed by atoms with Gasteiger partial charge < -0.3 is 10.3 Å². The highest BCUT2D eigenvalue weighted by molar-refractivity contribution is 5.83. The molecule has 0 amide bonds. The van der Waals surface area contributed by atoms with Gasteiger partial charge in [-0.15, -0.1) is 0 Å². The van der Waals surface area contributed by atoms with Gasteiger partial charge in [-0.1, -0.05) is 0 Å². The highest BCUT2D eigenvalue weighted by Crippen LogP contribution is 2.08. The number of hydrogen-bond acceptors (Lipinski definition) is 3. The number of halogens is 2. The third kappa shape index (κ3) is 2.50. The van der Waals surface area contributed by atoms with Crippen molar-refractivity contribution in [2.45, 2.75) is 13.2 Å². The summed E-state index contributed by atoms with van der Waals surface area (Å²) < 4.78 is 24.8. The van der Waals surface area contributed by atoms with E-state index in [4.69, 9.17) is 0 Å². The van der Waals surface area contributed by atoms with Crippen molar-refractivity contribution in [2.75, 3.05) is 12.4 Å². The summed E-state index contributed by atoms with van der Waals surface area (Å²) in [7, 11) is 1.60. The molecular formula is C7H10F2N4. The summed E-state index contributed by atoms with van der Waals surface area (Å²) in [5, 5.41) is 2.67. The lowest BCUT2D eigenvalue weighted by atomic mass is 10.4. The van der Waals surface area contributed by atoms with Crippen LogP contribution in [0.5, 0.6) is 0 Å². The number of anilines is 1. The van der Waals surface area contributed by atoms with Crippen LogP contribution < -0.4 is 5.32 Å². The summed E-state index contributed by atoms with van der Waals surface area (Å²) in [5.41, 5.74) is 0.254. The van der Waals surface area contributed by atoms with Crippen molar-refractivity contribution in [3.63, 3.8) is 0 Å². The number of hydrogen-bond donors (Lipinski definition) is 2. The SMILES string of the molecule is CNc1[nH]c(F)nc1/C=N\C(C)F. The lowest BCUT2D eigenvalue weighted by molar-refractivity contribution is 0.377. The Labute approximate surface area is 74.1 Å². The van der Waals surface area contributed by atoms with E-state index in [9.17, 15) is 8.78 Å². The zero-order valence-corrected chi connectivity index (χ0v) is 7.31. The van der Waals surface area contributed by atoms with Gasteiger partial charge in [0.1, 0.15) is 11.5 Å². The molecule has 1 aromatic heterocycles. The van der Waals surface area contributed by atoms with Gasteiger partial charge in [-0.2, -0.15) is 9.37 Å². The molecular weight excluding hydrogens is 178 g/mol. The van der Waals surface area contributed by atoms with Crippen LogP contribution in [0.4, 0.5) is 14.6 Å². The minimum Gasteiger partial charge on any atom is -0.373 e. The second-order valence-electron chi connectivity index (χ2n) is 2.39. The number of aliphatic imine (C=N–C) groups is 1. The standard InChI is InChI=1S/C7H10F2N4/c1-4(8)11-3-5-6(10-2)13-7(9)12-5/h3-4,10H,1-2H3,(H,12,13)/b11-3-. The first-order chi connectivity index (χ1) is 6.13. The number of aromatic nitrogens is 2. The van der Waals surface area contributed by atoms with Crippen LogP contribution in [0.15, 0.2) is 4.99 Å². The van der Waals surface area contributed by atoms with Gasteiger partial charge in [0.2, 0.25) is 0 Å². The summed E-state index contributed by atoms with van der Waals surface area (Å²) >= 11 is 0. The number of nitrogens with one attached hydrogen (secondary N) is 2. The molecule has 0 aliphatic carbocycles. The minimum atomic E-state index is -1.32. The summed E-state index contributed by atoms with van der Waals surface area (Å²) in [4.78, 5) is 9.20. The Morgan fingerprint density at radius 3 is 2.92 bits per heavy atom. The third-order valence-corrected chi connectivity index (χ3v) is 1.36. The van der Waals surface area contributed by atoms with E-state index >= 15 is 0 Å². The van der Waals surface area contributed by atoms with Crippen LogP contribution in [0.2, 0.25) is 0 Å². The first kappa shape index (κ1) is 9.63. The van der Waals surface area contributed by atoms with Crippen molar-refractivity contribution in [3.05, 3.63) is 11.8 Å². The van der Waals surface area contributed by atoms with Gasteiger partial charge >= 0.3 is 0 Å². The molecule has 4 nitrogen and oxygen atoms in total. The molecule has 0 radical (unpaired) electrons. The number of rotatable bonds is 3. The van der Waals surface area contributed by atoms with E-state index in [1.165, 1.54) is 13.1 Å². The van der Waals surface area contributed by atoms with Crippen LogP contribution in [-0.4, -0.2) is 29.5 Å². The third-order valence-electron chi connectivity index (χ3n) is 1.36. The average molecular weight is 188 g/mol. The lowest BCUT2D eigenvalue weighted by Gasteiger charge is -1.94. The van der Waals surface area contributed by atoms with Gasteiger partial charge in [0.15, 0.2) is 6.30 Å². The molecule has 6 heteroatoms. The van der Waals surface area contributed by atoms with Crippen LogP contribution >= 0.6 is 0 Å². The molecule has 0 saturated carbocycles. The Morgan fingerprint density at radius 1 is 1.69 bits per heavy atom. The van der Waals surface area contributed by atoms with Crippen molar-refractivity contribution in [3.8, 4) is 0 Å². The molecule has 1 rings (SSSR count). The predicted molar refractivity (Wildman–Crippen MR) is 46.3 cm³/mol. The molecule has 1 aromatic rings. The number of H-pyrrole nitrogens is 1. The maximum Gasteiger partial charge on any atom is 0.288 e. The lowest BCUT2D eigenvalue weighted by Crippen LogP contribution is -1.95.